The summed E-state index contributed by atoms with van der Waals surface area (Å²) in [7, 11) is 0. The maximum atomic E-state index is 13.1. The number of hydrogen-bond acceptors (Lipinski definition) is 4. The highest BCUT2D eigenvalue weighted by molar-refractivity contribution is 5.81. The van der Waals surface area contributed by atoms with E-state index in [4.69, 9.17) is 4.74 Å². The lowest BCUT2D eigenvalue weighted by Crippen LogP contribution is -2.53. The third-order valence-electron chi connectivity index (χ3n) is 5.55. The van der Waals surface area contributed by atoms with E-state index >= 15 is 0 Å². The van der Waals surface area contributed by atoms with Crippen LogP contribution in [-0.4, -0.2) is 78.0 Å². The first kappa shape index (κ1) is 17.4. The van der Waals surface area contributed by atoms with Crippen LogP contribution in [0, 0.1) is 5.82 Å². The van der Waals surface area contributed by atoms with Crippen molar-refractivity contribution in [3.63, 3.8) is 0 Å². The van der Waals surface area contributed by atoms with Crippen molar-refractivity contribution in [1.82, 2.24) is 14.7 Å². The second-order valence-corrected chi connectivity index (χ2v) is 7.35. The van der Waals surface area contributed by atoms with Crippen LogP contribution in [0.4, 0.5) is 4.39 Å². The third-order valence-corrected chi connectivity index (χ3v) is 5.55. The lowest BCUT2D eigenvalue weighted by molar-refractivity contribution is -0.153. The number of likely N-dealkylation sites (tertiary alicyclic amines) is 2. The van der Waals surface area contributed by atoms with E-state index < -0.39 is 0 Å². The van der Waals surface area contributed by atoms with Crippen LogP contribution in [-0.2, 0) is 20.9 Å². The zero-order valence-corrected chi connectivity index (χ0v) is 14.8. The fraction of sp³-hybridized carbons (Fsp3) is 0.579. The molecule has 2 atom stereocenters. The number of amides is 2. The molecule has 0 radical (unpaired) electrons. The zero-order valence-electron chi connectivity index (χ0n) is 14.8. The average Bonchev–Trinajstić information content (AvgIpc) is 3.28. The molecule has 0 aromatic heterocycles. The quantitative estimate of drug-likeness (QED) is 0.798. The second kappa shape index (κ2) is 7.32. The standard InChI is InChI=1S/C19H24FN3O3/c20-15-5-3-14(4-6-15)9-23-16-10-22(11-17(16)26-13-19(23)25)18(24)12-21-7-1-2-8-21/h3-6,16-17H,1-2,7-13H2/t16-,17-/m0/s1. The summed E-state index contributed by atoms with van der Waals surface area (Å²) in [4.78, 5) is 30.8. The zero-order chi connectivity index (χ0) is 18.1. The lowest BCUT2D eigenvalue weighted by Gasteiger charge is -2.36. The summed E-state index contributed by atoms with van der Waals surface area (Å²) in [5, 5.41) is 0. The van der Waals surface area contributed by atoms with Gasteiger partial charge in [0.1, 0.15) is 12.4 Å². The maximum Gasteiger partial charge on any atom is 0.249 e. The predicted molar refractivity (Wildman–Crippen MR) is 92.7 cm³/mol. The number of carbonyl (C=O) groups excluding carboxylic acids is 2. The summed E-state index contributed by atoms with van der Waals surface area (Å²) in [5.74, 6) is -0.261. The van der Waals surface area contributed by atoms with E-state index in [9.17, 15) is 14.0 Å². The Morgan fingerprint density at radius 3 is 2.62 bits per heavy atom. The molecule has 0 spiro atoms. The molecule has 1 aromatic carbocycles. The molecule has 26 heavy (non-hydrogen) atoms. The fourth-order valence-corrected chi connectivity index (χ4v) is 4.09. The highest BCUT2D eigenvalue weighted by atomic mass is 19.1. The normalized spacial score (nSPS) is 26.4. The van der Waals surface area contributed by atoms with Gasteiger partial charge in [-0.25, -0.2) is 4.39 Å². The molecule has 3 heterocycles. The van der Waals surface area contributed by atoms with Crippen LogP contribution in [0.25, 0.3) is 0 Å². The van der Waals surface area contributed by atoms with E-state index in [-0.39, 0.29) is 36.4 Å². The number of halogens is 1. The Bertz CT molecular complexity index is 675. The molecule has 0 N–H and O–H groups in total. The Kier molecular flexibility index (Phi) is 4.91. The van der Waals surface area contributed by atoms with Crippen molar-refractivity contribution in [3.05, 3.63) is 35.6 Å². The highest BCUT2D eigenvalue weighted by Gasteiger charge is 2.44. The Morgan fingerprint density at radius 2 is 1.88 bits per heavy atom. The second-order valence-electron chi connectivity index (χ2n) is 7.35. The summed E-state index contributed by atoms with van der Waals surface area (Å²) in [5.41, 5.74) is 0.877. The van der Waals surface area contributed by atoms with Gasteiger partial charge in [0.2, 0.25) is 11.8 Å². The molecule has 0 saturated carbocycles. The van der Waals surface area contributed by atoms with Crippen molar-refractivity contribution in [3.8, 4) is 0 Å². The molecule has 3 saturated heterocycles. The van der Waals surface area contributed by atoms with Gasteiger partial charge in [0.25, 0.3) is 0 Å². The summed E-state index contributed by atoms with van der Waals surface area (Å²) >= 11 is 0. The molecule has 3 aliphatic rings. The predicted octanol–water partition coefficient (Wildman–Crippen LogP) is 0.860. The van der Waals surface area contributed by atoms with Gasteiger partial charge in [0.05, 0.1) is 18.7 Å². The van der Waals surface area contributed by atoms with Crippen LogP contribution >= 0.6 is 0 Å². The Labute approximate surface area is 152 Å². The number of ether oxygens (including phenoxy) is 1. The molecule has 7 heteroatoms. The fourth-order valence-electron chi connectivity index (χ4n) is 4.09. The molecular formula is C19H24FN3O3. The molecule has 0 unspecified atom stereocenters. The molecule has 3 fully saturated rings. The van der Waals surface area contributed by atoms with Gasteiger partial charge in [-0.2, -0.15) is 0 Å². The van der Waals surface area contributed by atoms with Gasteiger partial charge < -0.3 is 14.5 Å². The molecule has 2 amide bonds. The average molecular weight is 361 g/mol. The van der Waals surface area contributed by atoms with Crippen molar-refractivity contribution in [2.24, 2.45) is 0 Å². The highest BCUT2D eigenvalue weighted by Crippen LogP contribution is 2.25. The van der Waals surface area contributed by atoms with Crippen LogP contribution in [0.1, 0.15) is 18.4 Å². The largest absolute Gasteiger partial charge is 0.364 e. The van der Waals surface area contributed by atoms with Crippen LogP contribution in [0.5, 0.6) is 0 Å². The van der Waals surface area contributed by atoms with E-state index in [1.807, 2.05) is 4.90 Å². The SMILES string of the molecule is O=C(CN1CCCC1)N1C[C@@H]2OCC(=O)N(Cc3ccc(F)cc3)[C@H]2C1. The van der Waals surface area contributed by atoms with E-state index in [1.165, 1.54) is 12.1 Å². The smallest absolute Gasteiger partial charge is 0.249 e. The van der Waals surface area contributed by atoms with Crippen molar-refractivity contribution in [1.29, 1.82) is 0 Å². The summed E-state index contributed by atoms with van der Waals surface area (Å²) in [6.07, 6.45) is 2.17. The van der Waals surface area contributed by atoms with Crippen molar-refractivity contribution < 1.29 is 18.7 Å². The number of hydrogen-bond donors (Lipinski definition) is 0. The van der Waals surface area contributed by atoms with Gasteiger partial charge in [-0.3, -0.25) is 14.5 Å². The van der Waals surface area contributed by atoms with Gasteiger partial charge in [-0.05, 0) is 43.6 Å². The number of nitrogens with zero attached hydrogens (tertiary/aromatic N) is 3. The first-order valence-electron chi connectivity index (χ1n) is 9.26. The minimum atomic E-state index is -0.292. The first-order chi connectivity index (χ1) is 12.6. The van der Waals surface area contributed by atoms with Gasteiger partial charge in [-0.1, -0.05) is 12.1 Å². The van der Waals surface area contributed by atoms with Crippen molar-refractivity contribution in [2.75, 3.05) is 39.3 Å². The Balaban J connectivity index is 1.42. The maximum absolute atomic E-state index is 13.1. The molecule has 6 nitrogen and oxygen atoms in total. The summed E-state index contributed by atoms with van der Waals surface area (Å²) < 4.78 is 18.8. The van der Waals surface area contributed by atoms with E-state index in [0.717, 1.165) is 31.5 Å². The molecular weight excluding hydrogens is 337 g/mol. The Hall–Kier alpha value is -1.99. The topological polar surface area (TPSA) is 53.1 Å². The summed E-state index contributed by atoms with van der Waals surface area (Å²) in [6, 6.07) is 6.05. The minimum Gasteiger partial charge on any atom is -0.364 e. The molecule has 140 valence electrons. The molecule has 1 aromatic rings. The number of fused-ring (bicyclic) bond motifs is 1. The molecule has 3 aliphatic heterocycles. The van der Waals surface area contributed by atoms with Crippen molar-refractivity contribution >= 4 is 11.8 Å². The molecule has 0 bridgehead atoms. The van der Waals surface area contributed by atoms with E-state index in [2.05, 4.69) is 4.90 Å². The van der Waals surface area contributed by atoms with Gasteiger partial charge in [-0.15, -0.1) is 0 Å². The minimum absolute atomic E-state index is 0.0382. The number of morpholine rings is 1. The van der Waals surface area contributed by atoms with E-state index in [0.29, 0.717) is 26.2 Å². The Morgan fingerprint density at radius 1 is 1.15 bits per heavy atom. The first-order valence-corrected chi connectivity index (χ1v) is 9.26. The monoisotopic (exact) mass is 361 g/mol. The van der Waals surface area contributed by atoms with Gasteiger partial charge >= 0.3 is 0 Å². The third kappa shape index (κ3) is 3.59. The number of carbonyl (C=O) groups is 2. The van der Waals surface area contributed by atoms with Crippen molar-refractivity contribution in [2.45, 2.75) is 31.5 Å². The van der Waals surface area contributed by atoms with Crippen LogP contribution in [0.15, 0.2) is 24.3 Å². The lowest BCUT2D eigenvalue weighted by atomic mass is 10.1. The van der Waals surface area contributed by atoms with Crippen LogP contribution in [0.3, 0.4) is 0 Å². The van der Waals surface area contributed by atoms with Gasteiger partial charge in [0.15, 0.2) is 0 Å². The van der Waals surface area contributed by atoms with Gasteiger partial charge in [0, 0.05) is 19.6 Å². The molecule has 4 rings (SSSR count). The van der Waals surface area contributed by atoms with Crippen LogP contribution < -0.4 is 0 Å². The van der Waals surface area contributed by atoms with E-state index in [1.54, 1.807) is 17.0 Å². The number of benzene rings is 1. The number of rotatable bonds is 4. The molecule has 0 aliphatic carbocycles. The van der Waals surface area contributed by atoms with Crippen LogP contribution in [0.2, 0.25) is 0 Å². The summed E-state index contributed by atoms with van der Waals surface area (Å²) in [6.45, 7) is 3.91.